The molecule has 2 saturated heterocycles. The van der Waals surface area contributed by atoms with E-state index in [2.05, 4.69) is 52.8 Å². The summed E-state index contributed by atoms with van der Waals surface area (Å²) in [6, 6.07) is 0. The highest BCUT2D eigenvalue weighted by atomic mass is 127. The second kappa shape index (κ2) is 10.2. The first-order valence-electron chi connectivity index (χ1n) is 8.36. The zero-order valence-electron chi connectivity index (χ0n) is 14.5. The van der Waals surface area contributed by atoms with E-state index in [1.165, 1.54) is 31.7 Å². The third-order valence-electron chi connectivity index (χ3n) is 4.74. The van der Waals surface area contributed by atoms with Crippen LogP contribution < -0.4 is 5.32 Å². The number of aliphatic imine (C=N–C) groups is 1. The summed E-state index contributed by atoms with van der Waals surface area (Å²) >= 11 is 2.12. The van der Waals surface area contributed by atoms with Crippen LogP contribution in [0, 0.1) is 11.8 Å². The van der Waals surface area contributed by atoms with Crippen LogP contribution in [0.4, 0.5) is 0 Å². The first kappa shape index (κ1) is 20.4. The number of nitrogens with one attached hydrogen (secondary N) is 1. The molecule has 22 heavy (non-hydrogen) atoms. The van der Waals surface area contributed by atoms with E-state index < -0.39 is 0 Å². The van der Waals surface area contributed by atoms with Gasteiger partial charge in [0.2, 0.25) is 0 Å². The molecule has 4 nitrogen and oxygen atoms in total. The average molecular weight is 440 g/mol. The number of thioether (sulfide) groups is 1. The number of hydrogen-bond acceptors (Lipinski definition) is 3. The highest BCUT2D eigenvalue weighted by molar-refractivity contribution is 14.0. The summed E-state index contributed by atoms with van der Waals surface area (Å²) in [6.45, 7) is 10.5. The minimum Gasteiger partial charge on any atom is -0.356 e. The lowest BCUT2D eigenvalue weighted by Gasteiger charge is -2.37. The van der Waals surface area contributed by atoms with E-state index in [-0.39, 0.29) is 24.0 Å². The van der Waals surface area contributed by atoms with Crippen LogP contribution in [0.2, 0.25) is 0 Å². The van der Waals surface area contributed by atoms with Gasteiger partial charge in [-0.2, -0.15) is 11.8 Å². The first-order chi connectivity index (χ1) is 10.1. The van der Waals surface area contributed by atoms with Gasteiger partial charge in [-0.3, -0.25) is 4.99 Å². The van der Waals surface area contributed by atoms with E-state index in [0.29, 0.717) is 0 Å². The molecule has 130 valence electrons. The Kier molecular flexibility index (Phi) is 9.47. The maximum Gasteiger partial charge on any atom is 0.193 e. The predicted molar refractivity (Wildman–Crippen MR) is 110 cm³/mol. The maximum atomic E-state index is 4.52. The molecule has 6 heteroatoms. The van der Waals surface area contributed by atoms with Gasteiger partial charge in [-0.1, -0.05) is 13.8 Å². The van der Waals surface area contributed by atoms with Gasteiger partial charge in [0.1, 0.15) is 0 Å². The Morgan fingerprint density at radius 3 is 2.55 bits per heavy atom. The van der Waals surface area contributed by atoms with Crippen molar-refractivity contribution in [1.82, 2.24) is 15.1 Å². The third-order valence-corrected chi connectivity index (χ3v) is 6.28. The van der Waals surface area contributed by atoms with Crippen molar-refractivity contribution in [3.05, 3.63) is 0 Å². The van der Waals surface area contributed by atoms with Crippen LogP contribution in [0.5, 0.6) is 0 Å². The maximum absolute atomic E-state index is 4.52. The summed E-state index contributed by atoms with van der Waals surface area (Å²) in [6.07, 6.45) is 2.62. The van der Waals surface area contributed by atoms with Crippen LogP contribution in [0.1, 0.15) is 26.7 Å². The number of guanidine groups is 1. The first-order valence-corrected chi connectivity index (χ1v) is 9.40. The summed E-state index contributed by atoms with van der Waals surface area (Å²) < 4.78 is 0. The predicted octanol–water partition coefficient (Wildman–Crippen LogP) is 2.60. The van der Waals surface area contributed by atoms with Gasteiger partial charge in [0.25, 0.3) is 0 Å². The Balaban J connectivity index is 0.00000242. The van der Waals surface area contributed by atoms with E-state index in [0.717, 1.165) is 42.7 Å². The molecule has 0 amide bonds. The van der Waals surface area contributed by atoms with Crippen molar-refractivity contribution < 1.29 is 0 Å². The van der Waals surface area contributed by atoms with Crippen molar-refractivity contribution in [3.8, 4) is 0 Å². The summed E-state index contributed by atoms with van der Waals surface area (Å²) in [5, 5.41) is 4.37. The average Bonchev–Trinajstić information content (AvgIpc) is 2.50. The van der Waals surface area contributed by atoms with E-state index in [1.807, 2.05) is 7.05 Å². The van der Waals surface area contributed by atoms with Gasteiger partial charge in [0.05, 0.1) is 0 Å². The Bertz CT molecular complexity index is 343. The molecule has 0 spiro atoms. The quantitative estimate of drug-likeness (QED) is 0.415. The van der Waals surface area contributed by atoms with Crippen LogP contribution in [-0.2, 0) is 0 Å². The van der Waals surface area contributed by atoms with Crippen molar-refractivity contribution in [1.29, 1.82) is 0 Å². The summed E-state index contributed by atoms with van der Waals surface area (Å²) in [5.41, 5.74) is 0. The van der Waals surface area contributed by atoms with Crippen molar-refractivity contribution in [2.75, 3.05) is 52.6 Å². The van der Waals surface area contributed by atoms with E-state index in [9.17, 15) is 0 Å². The van der Waals surface area contributed by atoms with Crippen LogP contribution in [0.15, 0.2) is 4.99 Å². The monoisotopic (exact) mass is 440 g/mol. The lowest BCUT2D eigenvalue weighted by Crippen LogP contribution is -2.50. The molecule has 0 saturated carbocycles. The number of nitrogens with zero attached hydrogens (tertiary/aromatic N) is 3. The van der Waals surface area contributed by atoms with E-state index >= 15 is 0 Å². The zero-order valence-corrected chi connectivity index (χ0v) is 17.7. The molecular weight excluding hydrogens is 407 g/mol. The van der Waals surface area contributed by atoms with Crippen LogP contribution in [-0.4, -0.2) is 73.6 Å². The SMILES string of the molecule is CN=C(NCC1CCN(C)CC1)N1CCSC(C(C)C)C1.I. The second-order valence-corrected chi connectivity index (χ2v) is 8.12. The molecule has 0 aromatic heterocycles. The molecule has 1 unspecified atom stereocenters. The lowest BCUT2D eigenvalue weighted by atomic mass is 9.97. The highest BCUT2D eigenvalue weighted by Gasteiger charge is 2.25. The number of piperidine rings is 1. The Morgan fingerprint density at radius 1 is 1.27 bits per heavy atom. The Labute approximate surface area is 157 Å². The Morgan fingerprint density at radius 2 is 1.95 bits per heavy atom. The number of likely N-dealkylation sites (tertiary alicyclic amines) is 1. The third kappa shape index (κ3) is 6.07. The molecule has 2 rings (SSSR count). The molecule has 2 aliphatic heterocycles. The van der Waals surface area contributed by atoms with Gasteiger partial charge in [0, 0.05) is 37.7 Å². The number of hydrogen-bond donors (Lipinski definition) is 1. The van der Waals surface area contributed by atoms with Crippen molar-refractivity contribution in [3.63, 3.8) is 0 Å². The van der Waals surface area contributed by atoms with Crippen molar-refractivity contribution in [2.24, 2.45) is 16.8 Å². The summed E-state index contributed by atoms with van der Waals surface area (Å²) in [5.74, 6) is 3.88. The minimum atomic E-state index is 0. The lowest BCUT2D eigenvalue weighted by molar-refractivity contribution is 0.219. The van der Waals surface area contributed by atoms with Crippen LogP contribution in [0.25, 0.3) is 0 Å². The van der Waals surface area contributed by atoms with Gasteiger partial charge in [0.15, 0.2) is 5.96 Å². The molecule has 2 aliphatic rings. The minimum absolute atomic E-state index is 0. The molecule has 0 bridgehead atoms. The highest BCUT2D eigenvalue weighted by Crippen LogP contribution is 2.25. The fourth-order valence-corrected chi connectivity index (χ4v) is 4.40. The molecule has 0 aliphatic carbocycles. The summed E-state index contributed by atoms with van der Waals surface area (Å²) in [4.78, 5) is 9.40. The molecule has 1 atom stereocenters. The van der Waals surface area contributed by atoms with Gasteiger partial charge in [-0.15, -0.1) is 24.0 Å². The Hall–Kier alpha value is 0.310. The second-order valence-electron chi connectivity index (χ2n) is 6.77. The topological polar surface area (TPSA) is 30.9 Å². The van der Waals surface area contributed by atoms with Crippen LogP contribution >= 0.6 is 35.7 Å². The summed E-state index contributed by atoms with van der Waals surface area (Å²) in [7, 11) is 4.14. The van der Waals surface area contributed by atoms with Crippen molar-refractivity contribution in [2.45, 2.75) is 31.9 Å². The van der Waals surface area contributed by atoms with E-state index in [1.54, 1.807) is 0 Å². The van der Waals surface area contributed by atoms with Crippen molar-refractivity contribution >= 4 is 41.7 Å². The largest absolute Gasteiger partial charge is 0.356 e. The molecule has 0 aromatic carbocycles. The molecule has 2 fully saturated rings. The molecule has 1 N–H and O–H groups in total. The van der Waals surface area contributed by atoms with Gasteiger partial charge in [-0.05, 0) is 44.8 Å². The number of rotatable bonds is 3. The normalized spacial score (nSPS) is 25.2. The fraction of sp³-hybridized carbons (Fsp3) is 0.938. The van der Waals surface area contributed by atoms with Gasteiger partial charge in [-0.25, -0.2) is 0 Å². The fourth-order valence-electron chi connectivity index (χ4n) is 3.11. The molecular formula is C16H33IN4S. The van der Waals surface area contributed by atoms with E-state index in [4.69, 9.17) is 0 Å². The zero-order chi connectivity index (χ0) is 15.2. The van der Waals surface area contributed by atoms with Gasteiger partial charge < -0.3 is 15.1 Å². The number of halogens is 1. The standard InChI is InChI=1S/C16H32N4S.HI/c1-13(2)15-12-20(9-10-21-15)16(17-3)18-11-14-5-7-19(4)8-6-14;/h13-15H,5-12H2,1-4H3,(H,17,18);1H. The molecule has 0 radical (unpaired) electrons. The molecule has 0 aromatic rings. The molecule has 2 heterocycles. The van der Waals surface area contributed by atoms with Crippen LogP contribution in [0.3, 0.4) is 0 Å². The van der Waals surface area contributed by atoms with Gasteiger partial charge >= 0.3 is 0 Å². The smallest absolute Gasteiger partial charge is 0.193 e.